The molecule has 0 aromatic carbocycles. The normalized spacial score (nSPS) is 29.1. The Morgan fingerprint density at radius 3 is 2.76 bits per heavy atom. The molecule has 0 spiro atoms. The summed E-state index contributed by atoms with van der Waals surface area (Å²) in [6, 6.07) is 4.89. The number of hydrogen-bond acceptors (Lipinski definition) is 4. The molecule has 2 aliphatic rings. The van der Waals surface area contributed by atoms with Gasteiger partial charge in [0, 0.05) is 22.7 Å². The lowest BCUT2D eigenvalue weighted by Crippen LogP contribution is -2.43. The average molecular weight is 401 g/mol. The molecule has 0 amide bonds. The first kappa shape index (κ1) is 15.3. The van der Waals surface area contributed by atoms with Crippen molar-refractivity contribution in [3.63, 3.8) is 0 Å². The quantitative estimate of drug-likeness (QED) is 0.784. The van der Waals surface area contributed by atoms with E-state index in [9.17, 15) is 0 Å². The highest BCUT2D eigenvalue weighted by Crippen LogP contribution is 2.44. The van der Waals surface area contributed by atoms with Crippen LogP contribution < -0.4 is 10.2 Å². The molecule has 3 rings (SSSR count). The Morgan fingerprint density at radius 1 is 1.38 bits per heavy atom. The number of ether oxygens (including phenoxy) is 1. The van der Waals surface area contributed by atoms with Crippen LogP contribution in [0.1, 0.15) is 33.1 Å². The number of anilines is 2. The maximum Gasteiger partial charge on any atom is 0.132 e. The summed E-state index contributed by atoms with van der Waals surface area (Å²) in [6.07, 6.45) is 3.77. The molecular formula is C16H24IN3O. The maximum atomic E-state index is 5.42. The van der Waals surface area contributed by atoms with Crippen molar-refractivity contribution in [3.8, 4) is 0 Å². The van der Waals surface area contributed by atoms with E-state index in [1.165, 1.54) is 22.8 Å². The number of nitrogens with zero attached hydrogens (tertiary/aromatic N) is 2. The molecular weight excluding hydrogens is 377 g/mol. The van der Waals surface area contributed by atoms with Crippen LogP contribution >= 0.6 is 22.6 Å². The van der Waals surface area contributed by atoms with Gasteiger partial charge in [-0.2, -0.15) is 0 Å². The molecule has 4 nitrogen and oxygen atoms in total. The van der Waals surface area contributed by atoms with Gasteiger partial charge >= 0.3 is 0 Å². The number of rotatable bonds is 4. The predicted octanol–water partition coefficient (Wildman–Crippen LogP) is 3.51. The molecule has 5 heteroatoms. The molecule has 1 saturated heterocycles. The molecule has 21 heavy (non-hydrogen) atoms. The molecule has 0 radical (unpaired) electrons. The Kier molecular flexibility index (Phi) is 4.59. The lowest BCUT2D eigenvalue weighted by molar-refractivity contribution is 0.122. The minimum Gasteiger partial charge on any atom is -0.378 e. The smallest absolute Gasteiger partial charge is 0.132 e. The summed E-state index contributed by atoms with van der Waals surface area (Å²) in [5.74, 6) is 2.09. The Labute approximate surface area is 140 Å². The van der Waals surface area contributed by atoms with E-state index in [2.05, 4.69) is 58.8 Å². The third kappa shape index (κ3) is 3.62. The molecule has 1 N–H and O–H groups in total. The zero-order valence-corrected chi connectivity index (χ0v) is 15.0. The second-order valence-electron chi connectivity index (χ2n) is 6.54. The van der Waals surface area contributed by atoms with Crippen LogP contribution in [0.5, 0.6) is 0 Å². The summed E-state index contributed by atoms with van der Waals surface area (Å²) in [7, 11) is 0. The van der Waals surface area contributed by atoms with Crippen molar-refractivity contribution in [1.29, 1.82) is 0 Å². The van der Waals surface area contributed by atoms with Crippen LogP contribution in [0.25, 0.3) is 0 Å². The zero-order chi connectivity index (χ0) is 14.9. The highest BCUT2D eigenvalue weighted by atomic mass is 127. The molecule has 2 heterocycles. The molecule has 116 valence electrons. The van der Waals surface area contributed by atoms with E-state index in [0.29, 0.717) is 11.5 Å². The Balaban J connectivity index is 1.67. The summed E-state index contributed by atoms with van der Waals surface area (Å²) in [6.45, 7) is 8.14. The van der Waals surface area contributed by atoms with E-state index in [1.807, 2.05) is 0 Å². The number of hydrogen-bond donors (Lipinski definition) is 1. The van der Waals surface area contributed by atoms with Crippen LogP contribution in [0.2, 0.25) is 0 Å². The van der Waals surface area contributed by atoms with Gasteiger partial charge in [-0.3, -0.25) is 0 Å². The van der Waals surface area contributed by atoms with E-state index in [0.717, 1.165) is 37.9 Å². The number of aromatic nitrogens is 1. The maximum absolute atomic E-state index is 5.42. The highest BCUT2D eigenvalue weighted by molar-refractivity contribution is 14.1. The number of morpholine rings is 1. The molecule has 2 fully saturated rings. The SMILES string of the molecule is CCC1(C)CC(Nc2cc(I)cc(N3CCOCC3)n2)C1. The zero-order valence-electron chi connectivity index (χ0n) is 12.9. The van der Waals surface area contributed by atoms with Crippen LogP contribution in [-0.2, 0) is 4.74 Å². The molecule has 0 atom stereocenters. The van der Waals surface area contributed by atoms with Gasteiger partial charge < -0.3 is 15.0 Å². The van der Waals surface area contributed by atoms with Gasteiger partial charge in [-0.25, -0.2) is 4.98 Å². The Hall–Kier alpha value is -0.560. The average Bonchev–Trinajstić information content (AvgIpc) is 2.46. The minimum atomic E-state index is 0.534. The first-order chi connectivity index (χ1) is 10.1. The fraction of sp³-hybridized carbons (Fsp3) is 0.688. The molecule has 1 aromatic rings. The van der Waals surface area contributed by atoms with Gasteiger partial charge in [-0.05, 0) is 53.0 Å². The third-order valence-electron chi connectivity index (χ3n) is 4.80. The van der Waals surface area contributed by atoms with E-state index < -0.39 is 0 Å². The second kappa shape index (κ2) is 6.28. The lowest BCUT2D eigenvalue weighted by atomic mass is 9.65. The monoisotopic (exact) mass is 401 g/mol. The summed E-state index contributed by atoms with van der Waals surface area (Å²) in [5, 5.41) is 3.61. The van der Waals surface area contributed by atoms with Crippen molar-refractivity contribution in [2.45, 2.75) is 39.2 Å². The van der Waals surface area contributed by atoms with Gasteiger partial charge in [0.1, 0.15) is 11.6 Å². The van der Waals surface area contributed by atoms with Crippen molar-refractivity contribution in [2.24, 2.45) is 5.41 Å². The van der Waals surface area contributed by atoms with Gasteiger partial charge in [0.2, 0.25) is 0 Å². The van der Waals surface area contributed by atoms with E-state index in [4.69, 9.17) is 9.72 Å². The first-order valence-corrected chi connectivity index (χ1v) is 8.93. The largest absolute Gasteiger partial charge is 0.378 e. The van der Waals surface area contributed by atoms with Crippen LogP contribution in [-0.4, -0.2) is 37.3 Å². The topological polar surface area (TPSA) is 37.4 Å². The first-order valence-electron chi connectivity index (χ1n) is 7.85. The van der Waals surface area contributed by atoms with Crippen LogP contribution in [0.4, 0.5) is 11.6 Å². The molecule has 1 aromatic heterocycles. The predicted molar refractivity (Wildman–Crippen MR) is 95.0 cm³/mol. The van der Waals surface area contributed by atoms with E-state index >= 15 is 0 Å². The van der Waals surface area contributed by atoms with Gasteiger partial charge in [0.05, 0.1) is 13.2 Å². The highest BCUT2D eigenvalue weighted by Gasteiger charge is 2.38. The summed E-state index contributed by atoms with van der Waals surface area (Å²) < 4.78 is 6.66. The lowest BCUT2D eigenvalue weighted by Gasteiger charge is -2.45. The molecule has 1 aliphatic carbocycles. The van der Waals surface area contributed by atoms with Gasteiger partial charge in [0.15, 0.2) is 0 Å². The standard InChI is InChI=1S/C16H24IN3O/c1-3-16(2)10-13(11-16)18-14-8-12(17)9-15(19-14)20-4-6-21-7-5-20/h8-9,13H,3-7,10-11H2,1-2H3,(H,18,19). The van der Waals surface area contributed by atoms with E-state index in [-0.39, 0.29) is 0 Å². The van der Waals surface area contributed by atoms with E-state index in [1.54, 1.807) is 0 Å². The van der Waals surface area contributed by atoms with Crippen molar-refractivity contribution in [2.75, 3.05) is 36.5 Å². The summed E-state index contributed by atoms with van der Waals surface area (Å²) >= 11 is 2.38. The number of halogens is 1. The second-order valence-corrected chi connectivity index (χ2v) is 7.79. The molecule has 1 aliphatic heterocycles. The summed E-state index contributed by atoms with van der Waals surface area (Å²) in [5.41, 5.74) is 0.534. The number of pyridine rings is 1. The van der Waals surface area contributed by atoms with Crippen LogP contribution in [0.3, 0.4) is 0 Å². The Bertz CT molecular complexity index is 496. The van der Waals surface area contributed by atoms with Crippen molar-refractivity contribution in [3.05, 3.63) is 15.7 Å². The molecule has 1 saturated carbocycles. The molecule has 0 unspecified atom stereocenters. The van der Waals surface area contributed by atoms with Gasteiger partial charge in [-0.15, -0.1) is 0 Å². The van der Waals surface area contributed by atoms with Crippen molar-refractivity contribution < 1.29 is 4.74 Å². The summed E-state index contributed by atoms with van der Waals surface area (Å²) in [4.78, 5) is 7.12. The molecule has 0 bridgehead atoms. The fourth-order valence-electron chi connectivity index (χ4n) is 3.24. The fourth-order valence-corrected chi connectivity index (χ4v) is 3.82. The minimum absolute atomic E-state index is 0.534. The number of nitrogens with one attached hydrogen (secondary N) is 1. The van der Waals surface area contributed by atoms with Gasteiger partial charge in [-0.1, -0.05) is 20.3 Å². The third-order valence-corrected chi connectivity index (χ3v) is 5.42. The van der Waals surface area contributed by atoms with Crippen molar-refractivity contribution in [1.82, 2.24) is 4.98 Å². The van der Waals surface area contributed by atoms with Crippen molar-refractivity contribution >= 4 is 34.2 Å². The van der Waals surface area contributed by atoms with Crippen LogP contribution in [0, 0.1) is 8.99 Å². The Morgan fingerprint density at radius 2 is 2.10 bits per heavy atom. The van der Waals surface area contributed by atoms with Gasteiger partial charge in [0.25, 0.3) is 0 Å². The van der Waals surface area contributed by atoms with Crippen LogP contribution in [0.15, 0.2) is 12.1 Å².